The summed E-state index contributed by atoms with van der Waals surface area (Å²) in [6.07, 6.45) is -13.9. The monoisotopic (exact) mass is 629 g/mol. The van der Waals surface area contributed by atoms with Crippen LogP contribution in [0.2, 0.25) is 0 Å². The van der Waals surface area contributed by atoms with Crippen molar-refractivity contribution >= 4 is 11.9 Å². The van der Waals surface area contributed by atoms with Gasteiger partial charge in [0.05, 0.1) is 6.04 Å². The van der Waals surface area contributed by atoms with Gasteiger partial charge >= 0.3 is 41.9 Å². The van der Waals surface area contributed by atoms with Crippen molar-refractivity contribution in [3.63, 3.8) is 0 Å². The van der Waals surface area contributed by atoms with Crippen LogP contribution in [0.3, 0.4) is 0 Å². The van der Waals surface area contributed by atoms with Gasteiger partial charge in [0.25, 0.3) is 0 Å². The highest BCUT2D eigenvalue weighted by Crippen LogP contribution is 2.60. The van der Waals surface area contributed by atoms with Crippen LogP contribution in [0, 0.1) is 0 Å². The van der Waals surface area contributed by atoms with Gasteiger partial charge < -0.3 is 10.1 Å². The molecule has 1 atom stereocenters. The highest BCUT2D eigenvalue weighted by molar-refractivity contribution is 5.87. The van der Waals surface area contributed by atoms with E-state index < -0.39 is 73.0 Å². The average molecular weight is 629 g/mol. The summed E-state index contributed by atoms with van der Waals surface area (Å²) in [6, 6.07) is 13.2. The van der Waals surface area contributed by atoms with E-state index in [4.69, 9.17) is 4.74 Å². The number of carbonyl (C=O) groups is 2. The first-order valence-corrected chi connectivity index (χ1v) is 11.6. The number of ether oxygens (including phenoxy) is 1. The van der Waals surface area contributed by atoms with E-state index in [0.717, 1.165) is 0 Å². The zero-order valence-electron chi connectivity index (χ0n) is 20.8. The minimum atomic E-state index is -8.03. The lowest BCUT2D eigenvalue weighted by Gasteiger charge is -2.39. The van der Waals surface area contributed by atoms with Gasteiger partial charge in [-0.2, -0.15) is 57.1 Å². The van der Waals surface area contributed by atoms with Crippen LogP contribution < -0.4 is 5.32 Å². The average Bonchev–Trinajstić information content (AvgIpc) is 2.90. The summed E-state index contributed by atoms with van der Waals surface area (Å²) in [4.78, 5) is 24.8. The molecule has 4 nitrogen and oxygen atoms in total. The van der Waals surface area contributed by atoms with Crippen LogP contribution in [0.15, 0.2) is 60.7 Å². The van der Waals surface area contributed by atoms with Crippen LogP contribution in [0.1, 0.15) is 24.0 Å². The Morgan fingerprint density at radius 1 is 0.643 bits per heavy atom. The van der Waals surface area contributed by atoms with Gasteiger partial charge in [-0.05, 0) is 17.5 Å². The Balaban J connectivity index is 2.23. The summed E-state index contributed by atoms with van der Waals surface area (Å²) in [7, 11) is 0. The Kier molecular flexibility index (Phi) is 10.2. The number of rotatable bonds is 13. The highest BCUT2D eigenvalue weighted by atomic mass is 19.4. The van der Waals surface area contributed by atoms with Crippen molar-refractivity contribution in [2.75, 3.05) is 0 Å². The Labute approximate surface area is 228 Å². The molecular weight excluding hydrogens is 609 g/mol. The molecule has 0 saturated carbocycles. The first-order chi connectivity index (χ1) is 19.1. The molecule has 0 aliphatic carbocycles. The summed E-state index contributed by atoms with van der Waals surface area (Å²) >= 11 is 0. The lowest BCUT2D eigenvalue weighted by molar-refractivity contribution is -0.440. The number of hydrogen-bond donors (Lipinski definition) is 1. The van der Waals surface area contributed by atoms with E-state index >= 15 is 0 Å². The number of ketones is 1. The number of alkyl carbamates (subject to hydrolysis) is 1. The second kappa shape index (κ2) is 12.4. The molecule has 1 unspecified atom stereocenters. The highest BCUT2D eigenvalue weighted by Gasteiger charge is 2.90. The third-order valence-corrected chi connectivity index (χ3v) is 5.86. The molecule has 2 aromatic rings. The molecule has 1 N–H and O–H groups in total. The van der Waals surface area contributed by atoms with Crippen LogP contribution >= 0.6 is 0 Å². The van der Waals surface area contributed by atoms with Crippen molar-refractivity contribution in [2.24, 2.45) is 0 Å². The minimum absolute atomic E-state index is 0.261. The largest absolute Gasteiger partial charge is 0.460 e. The molecule has 2 aromatic carbocycles. The molecule has 42 heavy (non-hydrogen) atoms. The van der Waals surface area contributed by atoms with Crippen LogP contribution in [0.4, 0.5) is 61.9 Å². The molecule has 0 bridgehead atoms. The van der Waals surface area contributed by atoms with Gasteiger partial charge in [0.2, 0.25) is 0 Å². The Hall–Kier alpha value is -3.53. The van der Waals surface area contributed by atoms with Gasteiger partial charge in [-0.15, -0.1) is 0 Å². The number of hydrogen-bond acceptors (Lipinski definition) is 3. The SMILES string of the molecule is O=C(NC(Cc1ccccc1)C(=O)CCC(F)(F)C(F)(F)C(F)(F)C(F)(F)C(F)(F)C(F)(F)F)OCc1ccccc1. The molecule has 2 rings (SSSR count). The maximum atomic E-state index is 14.2. The van der Waals surface area contributed by atoms with Crippen LogP contribution in [0.5, 0.6) is 0 Å². The molecule has 1 amide bonds. The predicted molar refractivity (Wildman–Crippen MR) is 119 cm³/mol. The standard InChI is InChI=1S/C25H20F13NO3/c26-20(27,21(28,29)22(30,31)23(32,33)24(34,35)25(36,37)38)12-11-18(40)17(13-15-7-3-1-4-8-15)39-19(41)42-14-16-9-5-2-6-10-16/h1-10,17H,11-14H2,(H,39,41). The van der Waals surface area contributed by atoms with Crippen molar-refractivity contribution in [1.82, 2.24) is 5.32 Å². The number of benzene rings is 2. The van der Waals surface area contributed by atoms with E-state index in [1.807, 2.05) is 5.32 Å². The fraction of sp³-hybridized carbons (Fsp3) is 0.440. The van der Waals surface area contributed by atoms with E-state index in [1.165, 1.54) is 42.5 Å². The Morgan fingerprint density at radius 2 is 1.10 bits per heavy atom. The zero-order chi connectivity index (χ0) is 32.2. The van der Waals surface area contributed by atoms with Gasteiger partial charge in [-0.3, -0.25) is 4.79 Å². The van der Waals surface area contributed by atoms with Gasteiger partial charge in [-0.1, -0.05) is 60.7 Å². The lowest BCUT2D eigenvalue weighted by atomic mass is 9.90. The van der Waals surface area contributed by atoms with Gasteiger partial charge in [0.1, 0.15) is 6.61 Å². The molecule has 0 aliphatic rings. The fourth-order valence-corrected chi connectivity index (χ4v) is 3.42. The summed E-state index contributed by atoms with van der Waals surface area (Å²) in [5, 5.41) is 1.97. The zero-order valence-corrected chi connectivity index (χ0v) is 20.8. The molecule has 0 fully saturated rings. The topological polar surface area (TPSA) is 55.4 Å². The summed E-state index contributed by atoms with van der Waals surface area (Å²) in [6.45, 7) is -0.352. The summed E-state index contributed by atoms with van der Waals surface area (Å²) < 4.78 is 178. The molecule has 0 aromatic heterocycles. The number of Topliss-reactive ketones (excluding diaryl/α,β-unsaturated/α-hetero) is 1. The molecule has 0 aliphatic heterocycles. The first-order valence-electron chi connectivity index (χ1n) is 11.6. The number of nitrogens with one attached hydrogen (secondary N) is 1. The number of carbonyl (C=O) groups excluding carboxylic acids is 2. The van der Waals surface area contributed by atoms with Crippen molar-refractivity contribution < 1.29 is 71.4 Å². The normalized spacial score (nSPS) is 14.3. The molecule has 17 heteroatoms. The molecule has 234 valence electrons. The molecule has 0 radical (unpaired) electrons. The molecular formula is C25H20F13NO3. The quantitative estimate of drug-likeness (QED) is 0.232. The second-order valence-electron chi connectivity index (χ2n) is 8.91. The van der Waals surface area contributed by atoms with Crippen LogP contribution in [0.25, 0.3) is 0 Å². The Bertz CT molecular complexity index is 1200. The van der Waals surface area contributed by atoms with Gasteiger partial charge in [0, 0.05) is 12.8 Å². The van der Waals surface area contributed by atoms with Crippen molar-refractivity contribution in [2.45, 2.75) is 67.7 Å². The molecule has 0 heterocycles. The lowest BCUT2D eigenvalue weighted by Crippen LogP contribution is -2.70. The van der Waals surface area contributed by atoms with Gasteiger partial charge in [-0.25, -0.2) is 4.79 Å². The number of alkyl halides is 13. The third kappa shape index (κ3) is 7.09. The van der Waals surface area contributed by atoms with E-state index in [1.54, 1.807) is 18.2 Å². The predicted octanol–water partition coefficient (Wildman–Crippen LogP) is 7.61. The smallest absolute Gasteiger partial charge is 0.445 e. The van der Waals surface area contributed by atoms with Crippen LogP contribution in [-0.2, 0) is 22.6 Å². The van der Waals surface area contributed by atoms with E-state index in [9.17, 15) is 66.7 Å². The van der Waals surface area contributed by atoms with Crippen molar-refractivity contribution in [3.8, 4) is 0 Å². The van der Waals surface area contributed by atoms with Crippen LogP contribution in [-0.4, -0.2) is 53.7 Å². The van der Waals surface area contributed by atoms with E-state index in [-0.39, 0.29) is 12.2 Å². The third-order valence-electron chi connectivity index (χ3n) is 5.86. The van der Waals surface area contributed by atoms with Crippen molar-refractivity contribution in [1.29, 1.82) is 0 Å². The molecule has 0 spiro atoms. The van der Waals surface area contributed by atoms with E-state index in [2.05, 4.69) is 0 Å². The van der Waals surface area contributed by atoms with E-state index in [0.29, 0.717) is 5.56 Å². The summed E-state index contributed by atoms with van der Waals surface area (Å²) in [5.41, 5.74) is 0.728. The maximum Gasteiger partial charge on any atom is 0.460 e. The number of amides is 1. The minimum Gasteiger partial charge on any atom is -0.445 e. The second-order valence-corrected chi connectivity index (χ2v) is 8.91. The fourth-order valence-electron chi connectivity index (χ4n) is 3.42. The van der Waals surface area contributed by atoms with Crippen molar-refractivity contribution in [3.05, 3.63) is 71.8 Å². The Morgan fingerprint density at radius 3 is 1.57 bits per heavy atom. The molecule has 0 saturated heterocycles. The maximum absolute atomic E-state index is 14.2. The first kappa shape index (κ1) is 34.7. The number of halogens is 13. The van der Waals surface area contributed by atoms with Gasteiger partial charge in [0.15, 0.2) is 5.78 Å². The summed E-state index contributed by atoms with van der Waals surface area (Å²) in [5.74, 6) is -39.3.